The summed E-state index contributed by atoms with van der Waals surface area (Å²) in [6.45, 7) is -0.00441. The van der Waals surface area contributed by atoms with Gasteiger partial charge in [0.25, 0.3) is 5.56 Å². The molecule has 0 bridgehead atoms. The Kier molecular flexibility index (Phi) is 5.83. The summed E-state index contributed by atoms with van der Waals surface area (Å²) < 4.78 is 58.1. The Balaban J connectivity index is 1.77. The van der Waals surface area contributed by atoms with Crippen LogP contribution in [0.5, 0.6) is 5.88 Å². The Morgan fingerprint density at radius 1 is 1.07 bits per heavy atom. The van der Waals surface area contributed by atoms with Gasteiger partial charge in [-0.15, -0.1) is 0 Å². The van der Waals surface area contributed by atoms with Crippen LogP contribution in [0.1, 0.15) is 16.7 Å². The molecule has 1 heterocycles. The van der Waals surface area contributed by atoms with E-state index in [1.165, 1.54) is 47.3 Å². The van der Waals surface area contributed by atoms with E-state index in [0.717, 1.165) is 12.1 Å². The normalized spacial score (nSPS) is 11.5. The second kappa shape index (κ2) is 8.14. The Morgan fingerprint density at radius 2 is 1.79 bits per heavy atom. The number of hydrogen-bond acceptors (Lipinski definition) is 3. The zero-order valence-electron chi connectivity index (χ0n) is 14.2. The molecule has 0 fully saturated rings. The van der Waals surface area contributed by atoms with Crippen molar-refractivity contribution in [2.75, 3.05) is 0 Å². The molecular weight excluding hydrogens is 444 g/mol. The monoisotopic (exact) mass is 456 g/mol. The first kappa shape index (κ1) is 20.1. The predicted octanol–water partition coefficient (Wildman–Crippen LogP) is 4.79. The van der Waals surface area contributed by atoms with Gasteiger partial charge in [0.15, 0.2) is 0 Å². The molecule has 146 valence electrons. The van der Waals surface area contributed by atoms with Crippen molar-refractivity contribution in [2.45, 2.75) is 19.3 Å². The fourth-order valence-corrected chi connectivity index (χ4v) is 2.88. The number of alkyl halides is 3. The molecule has 0 radical (unpaired) electrons. The zero-order valence-corrected chi connectivity index (χ0v) is 15.8. The fourth-order valence-electron chi connectivity index (χ4n) is 2.44. The summed E-state index contributed by atoms with van der Waals surface area (Å²) in [6, 6.07) is 10.4. The van der Waals surface area contributed by atoms with E-state index in [2.05, 4.69) is 20.9 Å². The Bertz CT molecular complexity index is 1030. The lowest BCUT2D eigenvalue weighted by atomic mass is 10.1. The van der Waals surface area contributed by atoms with Crippen LogP contribution in [0.25, 0.3) is 0 Å². The molecule has 28 heavy (non-hydrogen) atoms. The third-order valence-electron chi connectivity index (χ3n) is 3.85. The van der Waals surface area contributed by atoms with Gasteiger partial charge in [0.05, 0.1) is 12.1 Å². The Morgan fingerprint density at radius 3 is 2.46 bits per heavy atom. The second-order valence-corrected chi connectivity index (χ2v) is 6.70. The summed E-state index contributed by atoms with van der Waals surface area (Å²) in [4.78, 5) is 16.5. The lowest BCUT2D eigenvalue weighted by molar-refractivity contribution is -0.137. The topological polar surface area (TPSA) is 44.1 Å². The summed E-state index contributed by atoms with van der Waals surface area (Å²) in [5.41, 5.74) is -0.292. The summed E-state index contributed by atoms with van der Waals surface area (Å²) in [5.74, 6) is -0.338. The highest BCUT2D eigenvalue weighted by molar-refractivity contribution is 9.10. The maximum absolute atomic E-state index is 12.9. The minimum atomic E-state index is -4.46. The highest BCUT2D eigenvalue weighted by atomic mass is 79.9. The van der Waals surface area contributed by atoms with E-state index in [9.17, 15) is 22.4 Å². The number of benzene rings is 2. The van der Waals surface area contributed by atoms with Crippen LogP contribution in [0.4, 0.5) is 17.6 Å². The summed E-state index contributed by atoms with van der Waals surface area (Å²) in [7, 11) is 0. The van der Waals surface area contributed by atoms with E-state index in [1.54, 1.807) is 0 Å². The Hall–Kier alpha value is -2.68. The summed E-state index contributed by atoms with van der Waals surface area (Å²) >= 11 is 3.11. The van der Waals surface area contributed by atoms with E-state index in [1.807, 2.05) is 0 Å². The van der Waals surface area contributed by atoms with Gasteiger partial charge in [-0.2, -0.15) is 13.2 Å². The summed E-state index contributed by atoms with van der Waals surface area (Å²) in [5, 5.41) is 0. The number of nitrogens with zero attached hydrogens (tertiary/aromatic N) is 2. The molecule has 2 aromatic carbocycles. The van der Waals surface area contributed by atoms with Crippen LogP contribution in [0.15, 0.2) is 64.1 Å². The molecule has 0 spiro atoms. The number of hydrogen-bond donors (Lipinski definition) is 0. The molecule has 0 aliphatic rings. The molecule has 0 amide bonds. The molecule has 1 aromatic heterocycles. The van der Waals surface area contributed by atoms with Crippen LogP contribution in [0.3, 0.4) is 0 Å². The molecule has 3 aromatic rings. The average Bonchev–Trinajstić information content (AvgIpc) is 2.66. The van der Waals surface area contributed by atoms with Gasteiger partial charge in [0.1, 0.15) is 23.2 Å². The van der Waals surface area contributed by atoms with Gasteiger partial charge >= 0.3 is 6.18 Å². The molecule has 4 nitrogen and oxygen atoms in total. The smallest absolute Gasteiger partial charge is 0.416 e. The van der Waals surface area contributed by atoms with Gasteiger partial charge in [-0.1, -0.05) is 24.3 Å². The van der Waals surface area contributed by atoms with E-state index in [0.29, 0.717) is 11.1 Å². The van der Waals surface area contributed by atoms with Crippen molar-refractivity contribution in [3.05, 3.63) is 92.2 Å². The van der Waals surface area contributed by atoms with Crippen molar-refractivity contribution in [1.82, 2.24) is 9.55 Å². The minimum absolute atomic E-state index is 0.0367. The Labute approximate surface area is 165 Å². The van der Waals surface area contributed by atoms with E-state index < -0.39 is 17.3 Å². The van der Waals surface area contributed by atoms with Crippen LogP contribution in [-0.4, -0.2) is 9.55 Å². The van der Waals surface area contributed by atoms with Crippen molar-refractivity contribution in [3.8, 4) is 5.88 Å². The molecule has 0 saturated carbocycles. The minimum Gasteiger partial charge on any atom is -0.472 e. The molecule has 0 aliphatic heterocycles. The van der Waals surface area contributed by atoms with Gasteiger partial charge in [-0.25, -0.2) is 9.37 Å². The maximum atomic E-state index is 12.9. The third kappa shape index (κ3) is 4.78. The van der Waals surface area contributed by atoms with Crippen molar-refractivity contribution >= 4 is 15.9 Å². The number of aromatic nitrogens is 2. The highest BCUT2D eigenvalue weighted by Crippen LogP contribution is 2.29. The second-order valence-electron chi connectivity index (χ2n) is 5.91. The van der Waals surface area contributed by atoms with E-state index >= 15 is 0 Å². The molecule has 9 heteroatoms. The average molecular weight is 457 g/mol. The molecule has 0 aliphatic carbocycles. The number of halogens is 5. The van der Waals surface area contributed by atoms with Crippen LogP contribution in [0, 0.1) is 5.82 Å². The highest BCUT2D eigenvalue weighted by Gasteiger charge is 2.30. The van der Waals surface area contributed by atoms with Crippen LogP contribution >= 0.6 is 15.9 Å². The van der Waals surface area contributed by atoms with Gasteiger partial charge in [0.2, 0.25) is 5.88 Å². The van der Waals surface area contributed by atoms with E-state index in [4.69, 9.17) is 4.74 Å². The lowest BCUT2D eigenvalue weighted by Crippen LogP contribution is -2.22. The largest absolute Gasteiger partial charge is 0.472 e. The molecule has 0 unspecified atom stereocenters. The van der Waals surface area contributed by atoms with Crippen molar-refractivity contribution in [3.63, 3.8) is 0 Å². The maximum Gasteiger partial charge on any atom is 0.416 e. The van der Waals surface area contributed by atoms with Crippen molar-refractivity contribution in [2.24, 2.45) is 0 Å². The van der Waals surface area contributed by atoms with Gasteiger partial charge in [-0.05, 0) is 51.3 Å². The van der Waals surface area contributed by atoms with Crippen molar-refractivity contribution in [1.29, 1.82) is 0 Å². The first-order valence-electron chi connectivity index (χ1n) is 8.02. The SMILES string of the molecule is O=c1c(Br)c(OCc2ccc(F)cc2)ncn1Cc1cccc(C(F)(F)F)c1. The predicted molar refractivity (Wildman–Crippen MR) is 97.5 cm³/mol. The first-order valence-corrected chi connectivity index (χ1v) is 8.81. The summed E-state index contributed by atoms with van der Waals surface area (Å²) in [6.07, 6.45) is -3.26. The number of rotatable bonds is 5. The van der Waals surface area contributed by atoms with Crippen LogP contribution in [0.2, 0.25) is 0 Å². The number of ether oxygens (including phenoxy) is 1. The molecular formula is C19H13BrF4N2O2. The quantitative estimate of drug-likeness (QED) is 0.518. The molecule has 0 atom stereocenters. The standard InChI is InChI=1S/C19H13BrF4N2O2/c20-16-17(28-10-12-4-6-15(21)7-5-12)25-11-26(18(16)27)9-13-2-1-3-14(8-13)19(22,23)24/h1-8,11H,9-10H2. The van der Waals surface area contributed by atoms with Crippen LogP contribution in [-0.2, 0) is 19.3 Å². The first-order chi connectivity index (χ1) is 13.2. The third-order valence-corrected chi connectivity index (χ3v) is 4.53. The van der Waals surface area contributed by atoms with E-state index in [-0.39, 0.29) is 29.3 Å². The van der Waals surface area contributed by atoms with Gasteiger partial charge in [-0.3, -0.25) is 9.36 Å². The van der Waals surface area contributed by atoms with Crippen LogP contribution < -0.4 is 10.3 Å². The molecule has 0 N–H and O–H groups in total. The fraction of sp³-hybridized carbons (Fsp3) is 0.158. The molecule has 0 saturated heterocycles. The van der Waals surface area contributed by atoms with Gasteiger partial charge < -0.3 is 4.74 Å². The van der Waals surface area contributed by atoms with Crippen molar-refractivity contribution < 1.29 is 22.3 Å². The zero-order chi connectivity index (χ0) is 20.3. The lowest BCUT2D eigenvalue weighted by Gasteiger charge is -2.12. The molecule has 3 rings (SSSR count). The van der Waals surface area contributed by atoms with Gasteiger partial charge in [0, 0.05) is 0 Å².